The SMILES string of the molecule is Cc1ccc(NC(=O)C2CCN(S(=O)(=O)c3cccnc3)CC2)c(O)c1. The van der Waals surface area contributed by atoms with Crippen molar-refractivity contribution in [2.45, 2.75) is 24.7 Å². The lowest BCUT2D eigenvalue weighted by Crippen LogP contribution is -2.41. The number of rotatable bonds is 4. The molecule has 138 valence electrons. The Kier molecular flexibility index (Phi) is 5.24. The summed E-state index contributed by atoms with van der Waals surface area (Å²) in [5.74, 6) is -0.478. The monoisotopic (exact) mass is 375 g/mol. The predicted octanol–water partition coefficient (Wildman–Crippen LogP) is 2.14. The Morgan fingerprint density at radius 2 is 2.00 bits per heavy atom. The molecular weight excluding hydrogens is 354 g/mol. The van der Waals surface area contributed by atoms with Crippen LogP contribution in [-0.4, -0.2) is 41.8 Å². The van der Waals surface area contributed by atoms with Crippen LogP contribution < -0.4 is 5.32 Å². The van der Waals surface area contributed by atoms with Gasteiger partial charge in [0.05, 0.1) is 5.69 Å². The van der Waals surface area contributed by atoms with Crippen LogP contribution in [-0.2, 0) is 14.8 Å². The molecule has 0 aliphatic carbocycles. The molecule has 2 heterocycles. The number of nitrogens with zero attached hydrogens (tertiary/aromatic N) is 2. The number of benzene rings is 1. The smallest absolute Gasteiger partial charge is 0.244 e. The van der Waals surface area contributed by atoms with Gasteiger partial charge >= 0.3 is 0 Å². The minimum absolute atomic E-state index is 0.0231. The van der Waals surface area contributed by atoms with Crippen molar-refractivity contribution in [3.05, 3.63) is 48.3 Å². The topological polar surface area (TPSA) is 99.6 Å². The lowest BCUT2D eigenvalue weighted by molar-refractivity contribution is -0.120. The second kappa shape index (κ2) is 7.43. The fraction of sp³-hybridized carbons (Fsp3) is 0.333. The van der Waals surface area contributed by atoms with Crippen molar-refractivity contribution in [1.82, 2.24) is 9.29 Å². The Morgan fingerprint density at radius 1 is 1.27 bits per heavy atom. The molecule has 26 heavy (non-hydrogen) atoms. The summed E-state index contributed by atoms with van der Waals surface area (Å²) in [5.41, 5.74) is 1.26. The number of sulfonamides is 1. The summed E-state index contributed by atoms with van der Waals surface area (Å²) < 4.78 is 26.6. The molecule has 1 aromatic carbocycles. The fourth-order valence-corrected chi connectivity index (χ4v) is 4.42. The quantitative estimate of drug-likeness (QED) is 0.798. The normalized spacial score (nSPS) is 16.3. The van der Waals surface area contributed by atoms with E-state index in [4.69, 9.17) is 0 Å². The summed E-state index contributed by atoms with van der Waals surface area (Å²) >= 11 is 0. The van der Waals surface area contributed by atoms with E-state index < -0.39 is 10.0 Å². The third-order valence-electron chi connectivity index (χ3n) is 4.51. The highest BCUT2D eigenvalue weighted by Crippen LogP contribution is 2.27. The molecule has 1 aliphatic heterocycles. The van der Waals surface area contributed by atoms with Crippen LogP contribution in [0.2, 0.25) is 0 Å². The number of carbonyl (C=O) groups is 1. The Hall–Kier alpha value is -2.45. The minimum Gasteiger partial charge on any atom is -0.506 e. The molecular formula is C18H21N3O4S. The number of pyridine rings is 1. The van der Waals surface area contributed by atoms with Crippen LogP contribution in [0.25, 0.3) is 0 Å². The van der Waals surface area contributed by atoms with E-state index >= 15 is 0 Å². The van der Waals surface area contributed by atoms with Gasteiger partial charge in [-0.05, 0) is 49.6 Å². The maximum Gasteiger partial charge on any atom is 0.244 e. The summed E-state index contributed by atoms with van der Waals surface area (Å²) in [6.45, 7) is 2.40. The van der Waals surface area contributed by atoms with Gasteiger partial charge in [0.15, 0.2) is 0 Å². The van der Waals surface area contributed by atoms with Crippen molar-refractivity contribution in [2.24, 2.45) is 5.92 Å². The second-order valence-electron chi connectivity index (χ2n) is 6.38. The molecule has 1 aromatic heterocycles. The summed E-state index contributed by atoms with van der Waals surface area (Å²) in [4.78, 5) is 16.4. The molecule has 0 unspecified atom stereocenters. The van der Waals surface area contributed by atoms with E-state index in [9.17, 15) is 18.3 Å². The van der Waals surface area contributed by atoms with Gasteiger partial charge in [-0.2, -0.15) is 4.31 Å². The Bertz CT molecular complexity index is 892. The third kappa shape index (κ3) is 3.86. The van der Waals surface area contributed by atoms with E-state index in [1.165, 1.54) is 22.8 Å². The van der Waals surface area contributed by atoms with Crippen molar-refractivity contribution in [3.8, 4) is 5.75 Å². The first-order chi connectivity index (χ1) is 12.4. The van der Waals surface area contributed by atoms with Gasteiger partial charge in [0.25, 0.3) is 0 Å². The summed E-state index contributed by atoms with van der Waals surface area (Å²) in [6.07, 6.45) is 3.71. The maximum absolute atomic E-state index is 12.6. The Balaban J connectivity index is 1.62. The number of aromatic nitrogens is 1. The maximum atomic E-state index is 12.6. The highest BCUT2D eigenvalue weighted by Gasteiger charge is 2.32. The number of amides is 1. The number of phenolic OH excluding ortho intramolecular Hbond substituents is 1. The summed E-state index contributed by atoms with van der Waals surface area (Å²) in [7, 11) is -3.58. The van der Waals surface area contributed by atoms with Crippen molar-refractivity contribution < 1.29 is 18.3 Å². The van der Waals surface area contributed by atoms with Crippen LogP contribution in [0, 0.1) is 12.8 Å². The van der Waals surface area contributed by atoms with E-state index in [1.54, 1.807) is 24.3 Å². The van der Waals surface area contributed by atoms with E-state index in [0.29, 0.717) is 18.5 Å². The molecule has 1 saturated heterocycles. The van der Waals surface area contributed by atoms with Crippen LogP contribution in [0.4, 0.5) is 5.69 Å². The van der Waals surface area contributed by atoms with Crippen molar-refractivity contribution >= 4 is 21.6 Å². The average molecular weight is 375 g/mol. The van der Waals surface area contributed by atoms with Crippen LogP contribution in [0.1, 0.15) is 18.4 Å². The van der Waals surface area contributed by atoms with Crippen LogP contribution in [0.5, 0.6) is 5.75 Å². The lowest BCUT2D eigenvalue weighted by atomic mass is 9.97. The molecule has 7 nitrogen and oxygen atoms in total. The van der Waals surface area contributed by atoms with Gasteiger partial charge in [-0.3, -0.25) is 9.78 Å². The number of piperidine rings is 1. The number of hydrogen-bond donors (Lipinski definition) is 2. The van der Waals surface area contributed by atoms with Gasteiger partial charge in [0.1, 0.15) is 10.6 Å². The predicted molar refractivity (Wildman–Crippen MR) is 97.2 cm³/mol. The highest BCUT2D eigenvalue weighted by atomic mass is 32.2. The zero-order valence-electron chi connectivity index (χ0n) is 14.4. The number of phenols is 1. The highest BCUT2D eigenvalue weighted by molar-refractivity contribution is 7.89. The van der Waals surface area contributed by atoms with Crippen LogP contribution >= 0.6 is 0 Å². The molecule has 2 aromatic rings. The molecule has 0 atom stereocenters. The number of aromatic hydroxyl groups is 1. The largest absolute Gasteiger partial charge is 0.506 e. The van der Waals surface area contributed by atoms with E-state index in [-0.39, 0.29) is 35.6 Å². The Morgan fingerprint density at radius 3 is 2.62 bits per heavy atom. The summed E-state index contributed by atoms with van der Waals surface area (Å²) in [6, 6.07) is 8.14. The van der Waals surface area contributed by atoms with Crippen LogP contribution in [0.15, 0.2) is 47.6 Å². The lowest BCUT2D eigenvalue weighted by Gasteiger charge is -2.30. The number of hydrogen-bond acceptors (Lipinski definition) is 5. The molecule has 3 rings (SSSR count). The zero-order valence-corrected chi connectivity index (χ0v) is 15.2. The minimum atomic E-state index is -3.58. The van der Waals surface area contributed by atoms with Gasteiger partial charge in [-0.15, -0.1) is 0 Å². The zero-order chi connectivity index (χ0) is 18.7. The molecule has 1 fully saturated rings. The van der Waals surface area contributed by atoms with Crippen molar-refractivity contribution in [1.29, 1.82) is 0 Å². The van der Waals surface area contributed by atoms with E-state index in [2.05, 4.69) is 10.3 Å². The molecule has 1 amide bonds. The van der Waals surface area contributed by atoms with Crippen molar-refractivity contribution in [3.63, 3.8) is 0 Å². The van der Waals surface area contributed by atoms with E-state index in [0.717, 1.165) is 5.56 Å². The molecule has 0 bridgehead atoms. The second-order valence-corrected chi connectivity index (χ2v) is 8.31. The average Bonchev–Trinajstić information content (AvgIpc) is 2.65. The Labute approximate surface area is 152 Å². The first-order valence-electron chi connectivity index (χ1n) is 8.38. The molecule has 0 saturated carbocycles. The first-order valence-corrected chi connectivity index (χ1v) is 9.82. The fourth-order valence-electron chi connectivity index (χ4n) is 2.99. The van der Waals surface area contributed by atoms with Gasteiger partial charge in [-0.25, -0.2) is 8.42 Å². The van der Waals surface area contributed by atoms with Gasteiger partial charge < -0.3 is 10.4 Å². The molecule has 8 heteroatoms. The van der Waals surface area contributed by atoms with Crippen molar-refractivity contribution in [2.75, 3.05) is 18.4 Å². The number of anilines is 1. The molecule has 1 aliphatic rings. The molecule has 0 radical (unpaired) electrons. The molecule has 2 N–H and O–H groups in total. The van der Waals surface area contributed by atoms with Gasteiger partial charge in [-0.1, -0.05) is 6.07 Å². The third-order valence-corrected chi connectivity index (χ3v) is 6.39. The number of carbonyl (C=O) groups excluding carboxylic acids is 1. The number of aryl methyl sites for hydroxylation is 1. The number of nitrogens with one attached hydrogen (secondary N) is 1. The first kappa shape index (κ1) is 18.3. The molecule has 0 spiro atoms. The van der Waals surface area contributed by atoms with E-state index in [1.807, 2.05) is 6.92 Å². The van der Waals surface area contributed by atoms with Gasteiger partial charge in [0.2, 0.25) is 15.9 Å². The van der Waals surface area contributed by atoms with Gasteiger partial charge in [0, 0.05) is 31.4 Å². The standard InChI is InChI=1S/C18H21N3O4S/c1-13-4-5-16(17(22)11-13)20-18(23)14-6-9-21(10-7-14)26(24,25)15-3-2-8-19-12-15/h2-5,8,11-12,14,22H,6-7,9-10H2,1H3,(H,20,23). The summed E-state index contributed by atoms with van der Waals surface area (Å²) in [5, 5.41) is 12.6. The van der Waals surface area contributed by atoms with Crippen LogP contribution in [0.3, 0.4) is 0 Å².